The molecule has 0 aromatic heterocycles. The molecule has 0 aromatic carbocycles. The summed E-state index contributed by atoms with van der Waals surface area (Å²) in [6.07, 6.45) is -0.685. The molecule has 0 aliphatic carbocycles. The van der Waals surface area contributed by atoms with Crippen molar-refractivity contribution in [2.45, 2.75) is 25.5 Å². The zero-order chi connectivity index (χ0) is 14.0. The predicted octanol–water partition coefficient (Wildman–Crippen LogP) is 1.71. The summed E-state index contributed by atoms with van der Waals surface area (Å²) in [6, 6.07) is 1.25. The van der Waals surface area contributed by atoms with E-state index in [0.717, 1.165) is 0 Å². The molecule has 18 heavy (non-hydrogen) atoms. The van der Waals surface area contributed by atoms with Gasteiger partial charge in [0.25, 0.3) is 0 Å². The second-order valence-corrected chi connectivity index (χ2v) is 4.90. The quantitative estimate of drug-likeness (QED) is 0.223. The molecule has 2 N–H and O–H groups in total. The molecule has 0 saturated carbocycles. The predicted molar refractivity (Wildman–Crippen MR) is 63.3 cm³/mol. The Morgan fingerprint density at radius 1 is 1.67 bits per heavy atom. The first kappa shape index (κ1) is 16.9. The van der Waals surface area contributed by atoms with Crippen molar-refractivity contribution in [3.63, 3.8) is 0 Å². The van der Waals surface area contributed by atoms with Crippen molar-refractivity contribution in [3.8, 4) is 6.07 Å². The summed E-state index contributed by atoms with van der Waals surface area (Å²) in [4.78, 5) is 5.40. The van der Waals surface area contributed by atoms with Gasteiger partial charge in [-0.05, 0) is 12.5 Å². The maximum Gasteiger partial charge on any atom is 0.420 e. The Bertz CT molecular complexity index is 378. The van der Waals surface area contributed by atoms with E-state index < -0.39 is 19.9 Å². The average Bonchev–Trinajstić information content (AvgIpc) is 2.29. The lowest BCUT2D eigenvalue weighted by Crippen LogP contribution is -2.37. The number of nitrogens with zero attached hydrogens (tertiary/aromatic N) is 4. The molecule has 3 atom stereocenters. The van der Waals surface area contributed by atoms with Crippen LogP contribution in [0, 0.1) is 11.3 Å². The molecule has 0 fully saturated rings. The van der Waals surface area contributed by atoms with E-state index in [1.54, 1.807) is 13.0 Å². The van der Waals surface area contributed by atoms with Crippen LogP contribution in [0.1, 0.15) is 13.3 Å². The van der Waals surface area contributed by atoms with Gasteiger partial charge < -0.3 is 15.0 Å². The van der Waals surface area contributed by atoms with Crippen molar-refractivity contribution in [2.75, 3.05) is 20.3 Å². The number of nitriles is 1. The van der Waals surface area contributed by atoms with Crippen LogP contribution in [-0.2, 0) is 18.3 Å². The smallest absolute Gasteiger partial charge is 0.383 e. The largest absolute Gasteiger partial charge is 0.420 e. The number of methoxy groups -OCH3 is 1. The SMILES string of the molecule is COC[C@H](N)[C@H](C)OP(=O)(N=[N+]=[N-])OCCC#N. The molecular weight excluding hydrogens is 261 g/mol. The minimum atomic E-state index is -3.96. The number of ether oxygens (including phenoxy) is 1. The summed E-state index contributed by atoms with van der Waals surface area (Å²) < 4.78 is 26.6. The first-order chi connectivity index (χ1) is 8.49. The number of hydrogen-bond acceptors (Lipinski definition) is 6. The van der Waals surface area contributed by atoms with Crippen LogP contribution < -0.4 is 5.73 Å². The van der Waals surface area contributed by atoms with Crippen molar-refractivity contribution in [1.29, 1.82) is 5.26 Å². The molecule has 0 aliphatic rings. The van der Waals surface area contributed by atoms with Gasteiger partial charge in [-0.2, -0.15) is 5.26 Å². The van der Waals surface area contributed by atoms with Gasteiger partial charge in [-0.15, -0.1) is 0 Å². The molecular formula is C8H16N5O4P. The Kier molecular flexibility index (Phi) is 8.33. The Morgan fingerprint density at radius 2 is 2.33 bits per heavy atom. The minimum absolute atomic E-state index is 0.00675. The van der Waals surface area contributed by atoms with E-state index in [9.17, 15) is 4.57 Å². The van der Waals surface area contributed by atoms with Gasteiger partial charge in [-0.3, -0.25) is 9.09 Å². The van der Waals surface area contributed by atoms with Crippen molar-refractivity contribution < 1.29 is 18.3 Å². The molecule has 0 radical (unpaired) electrons. The third-order valence-corrected chi connectivity index (χ3v) is 3.29. The lowest BCUT2D eigenvalue weighted by Gasteiger charge is -2.22. The van der Waals surface area contributed by atoms with E-state index in [2.05, 4.69) is 9.80 Å². The molecule has 0 rings (SSSR count). The van der Waals surface area contributed by atoms with Gasteiger partial charge >= 0.3 is 7.75 Å². The number of rotatable bonds is 9. The summed E-state index contributed by atoms with van der Waals surface area (Å²) in [5.74, 6) is 0. The maximum atomic E-state index is 11.9. The monoisotopic (exact) mass is 277 g/mol. The summed E-state index contributed by atoms with van der Waals surface area (Å²) in [7, 11) is -2.50. The van der Waals surface area contributed by atoms with Gasteiger partial charge in [0.15, 0.2) is 0 Å². The Labute approximate surface area is 105 Å². The first-order valence-electron chi connectivity index (χ1n) is 5.10. The van der Waals surface area contributed by atoms with Crippen LogP contribution in [0.2, 0.25) is 0 Å². The summed E-state index contributed by atoms with van der Waals surface area (Å²) >= 11 is 0. The molecule has 0 aliphatic heterocycles. The Morgan fingerprint density at radius 3 is 2.83 bits per heavy atom. The van der Waals surface area contributed by atoms with Crippen molar-refractivity contribution in [1.82, 2.24) is 0 Å². The molecule has 0 spiro atoms. The van der Waals surface area contributed by atoms with Crippen molar-refractivity contribution >= 4 is 7.75 Å². The van der Waals surface area contributed by atoms with E-state index in [1.807, 2.05) is 0 Å². The highest BCUT2D eigenvalue weighted by Gasteiger charge is 2.28. The molecule has 102 valence electrons. The lowest BCUT2D eigenvalue weighted by molar-refractivity contribution is 0.0952. The summed E-state index contributed by atoms with van der Waals surface area (Å²) in [6.45, 7) is 1.59. The molecule has 0 bridgehead atoms. The topological polar surface area (TPSA) is 143 Å². The van der Waals surface area contributed by atoms with Crippen LogP contribution in [0.25, 0.3) is 10.4 Å². The standard InChI is InChI=1S/C8H16N5O4P/c1-7(8(10)6-15-2)17-18(14,13-12-11)16-5-3-4-9/h7-8H,3,5-6,10H2,1-2H3/t7-,8-,18?/m0/s1. The van der Waals surface area contributed by atoms with E-state index >= 15 is 0 Å². The third-order valence-electron chi connectivity index (χ3n) is 1.88. The number of nitrogens with two attached hydrogens (primary N) is 1. The van der Waals surface area contributed by atoms with E-state index in [4.69, 9.17) is 30.3 Å². The normalized spacial score (nSPS) is 17.0. The highest BCUT2D eigenvalue weighted by molar-refractivity contribution is 7.52. The minimum Gasteiger partial charge on any atom is -0.383 e. The zero-order valence-electron chi connectivity index (χ0n) is 10.2. The van der Waals surface area contributed by atoms with Crippen LogP contribution in [0.5, 0.6) is 0 Å². The fourth-order valence-electron chi connectivity index (χ4n) is 0.949. The van der Waals surface area contributed by atoms with Crippen LogP contribution in [0.15, 0.2) is 4.88 Å². The van der Waals surface area contributed by atoms with Crippen LogP contribution in [0.3, 0.4) is 0 Å². The van der Waals surface area contributed by atoms with E-state index in [0.29, 0.717) is 0 Å². The van der Waals surface area contributed by atoms with Crippen molar-refractivity contribution in [3.05, 3.63) is 10.4 Å². The van der Waals surface area contributed by atoms with Crippen LogP contribution >= 0.6 is 7.75 Å². The third kappa shape index (κ3) is 6.57. The van der Waals surface area contributed by atoms with Crippen LogP contribution in [-0.4, -0.2) is 32.5 Å². The van der Waals surface area contributed by atoms with Gasteiger partial charge in [-0.25, -0.2) is 0 Å². The lowest BCUT2D eigenvalue weighted by atomic mass is 10.2. The number of hydrogen-bond donors (Lipinski definition) is 1. The molecule has 0 aromatic rings. The van der Waals surface area contributed by atoms with E-state index in [-0.39, 0.29) is 19.6 Å². The Balaban J connectivity index is 4.56. The number of azide groups is 1. The average molecular weight is 277 g/mol. The van der Waals surface area contributed by atoms with Crippen molar-refractivity contribution in [2.24, 2.45) is 10.6 Å². The van der Waals surface area contributed by atoms with Gasteiger partial charge in [0.1, 0.15) is 0 Å². The highest BCUT2D eigenvalue weighted by Crippen LogP contribution is 2.51. The fraction of sp³-hybridized carbons (Fsp3) is 0.875. The maximum absolute atomic E-state index is 11.9. The molecule has 0 amide bonds. The van der Waals surface area contributed by atoms with Gasteiger partial charge in [-0.1, -0.05) is 0 Å². The summed E-state index contributed by atoms with van der Waals surface area (Å²) in [5.41, 5.74) is 14.0. The molecule has 10 heteroatoms. The fourth-order valence-corrected chi connectivity index (χ4v) is 2.10. The van der Waals surface area contributed by atoms with Gasteiger partial charge in [0.2, 0.25) is 0 Å². The molecule has 9 nitrogen and oxygen atoms in total. The van der Waals surface area contributed by atoms with Gasteiger partial charge in [0.05, 0.1) is 37.8 Å². The van der Waals surface area contributed by atoms with Crippen LogP contribution in [0.4, 0.5) is 0 Å². The van der Waals surface area contributed by atoms with Gasteiger partial charge in [0, 0.05) is 16.9 Å². The molecule has 1 unspecified atom stereocenters. The molecule has 0 saturated heterocycles. The second-order valence-electron chi connectivity index (χ2n) is 3.32. The zero-order valence-corrected chi connectivity index (χ0v) is 11.1. The summed E-state index contributed by atoms with van der Waals surface area (Å²) in [5, 5.41) is 8.33. The van der Waals surface area contributed by atoms with E-state index in [1.165, 1.54) is 7.11 Å². The first-order valence-corrected chi connectivity index (χ1v) is 6.59. The molecule has 0 heterocycles. The second kappa shape index (κ2) is 8.89. The Hall–Kier alpha value is -1.13. The highest BCUT2D eigenvalue weighted by atomic mass is 31.2.